The summed E-state index contributed by atoms with van der Waals surface area (Å²) in [5.74, 6) is 1.43. The van der Waals surface area contributed by atoms with E-state index in [1.54, 1.807) is 18.6 Å². The summed E-state index contributed by atoms with van der Waals surface area (Å²) in [5, 5.41) is 3.92. The lowest BCUT2D eigenvalue weighted by molar-refractivity contribution is -0.139. The predicted octanol–water partition coefficient (Wildman–Crippen LogP) is 2.61. The SMILES string of the molecule is O=C(C1CCCCC1)N1CCC(OCc2nc(-c3cnccn3)no2)CC1. The van der Waals surface area contributed by atoms with Crippen molar-refractivity contribution in [1.82, 2.24) is 25.0 Å². The van der Waals surface area contributed by atoms with Gasteiger partial charge in [-0.3, -0.25) is 9.78 Å². The van der Waals surface area contributed by atoms with Crippen molar-refractivity contribution in [3.05, 3.63) is 24.5 Å². The molecule has 0 aromatic carbocycles. The van der Waals surface area contributed by atoms with Gasteiger partial charge in [-0.2, -0.15) is 4.98 Å². The van der Waals surface area contributed by atoms with Crippen LogP contribution in [0.2, 0.25) is 0 Å². The Hall–Kier alpha value is -2.35. The Morgan fingerprint density at radius 2 is 1.96 bits per heavy atom. The van der Waals surface area contributed by atoms with Gasteiger partial charge in [0.2, 0.25) is 11.7 Å². The van der Waals surface area contributed by atoms with Crippen LogP contribution in [0, 0.1) is 5.92 Å². The average Bonchev–Trinajstić information content (AvgIpc) is 3.22. The molecule has 2 aliphatic rings. The topological polar surface area (TPSA) is 94.2 Å². The zero-order valence-electron chi connectivity index (χ0n) is 15.4. The first kappa shape index (κ1) is 18.0. The second kappa shape index (κ2) is 8.56. The van der Waals surface area contributed by atoms with Crippen molar-refractivity contribution in [1.29, 1.82) is 0 Å². The number of aromatic nitrogens is 4. The minimum Gasteiger partial charge on any atom is -0.368 e. The Morgan fingerprint density at radius 3 is 2.70 bits per heavy atom. The molecule has 1 aliphatic carbocycles. The number of rotatable bonds is 5. The quantitative estimate of drug-likeness (QED) is 0.797. The maximum Gasteiger partial charge on any atom is 0.253 e. The third kappa shape index (κ3) is 4.50. The van der Waals surface area contributed by atoms with Crippen molar-refractivity contribution in [2.75, 3.05) is 13.1 Å². The fourth-order valence-corrected chi connectivity index (χ4v) is 3.87. The molecule has 27 heavy (non-hydrogen) atoms. The highest BCUT2D eigenvalue weighted by Crippen LogP contribution is 2.27. The molecule has 2 aromatic heterocycles. The number of nitrogens with zero attached hydrogens (tertiary/aromatic N) is 5. The number of carbonyl (C=O) groups excluding carboxylic acids is 1. The van der Waals surface area contributed by atoms with E-state index in [-0.39, 0.29) is 18.6 Å². The number of likely N-dealkylation sites (tertiary alicyclic amines) is 1. The van der Waals surface area contributed by atoms with Crippen LogP contribution in [0.5, 0.6) is 0 Å². The highest BCUT2D eigenvalue weighted by atomic mass is 16.5. The molecule has 4 rings (SSSR count). The molecular formula is C19H25N5O3. The van der Waals surface area contributed by atoms with E-state index in [0.717, 1.165) is 38.8 Å². The van der Waals surface area contributed by atoms with Crippen LogP contribution in [0.3, 0.4) is 0 Å². The fourth-order valence-electron chi connectivity index (χ4n) is 3.87. The molecule has 0 bridgehead atoms. The number of amides is 1. The van der Waals surface area contributed by atoms with E-state index in [1.165, 1.54) is 19.3 Å². The van der Waals surface area contributed by atoms with E-state index in [4.69, 9.17) is 9.26 Å². The summed E-state index contributed by atoms with van der Waals surface area (Å²) in [5.41, 5.74) is 0.571. The molecule has 1 amide bonds. The zero-order valence-corrected chi connectivity index (χ0v) is 15.4. The Labute approximate surface area is 158 Å². The molecule has 8 nitrogen and oxygen atoms in total. The monoisotopic (exact) mass is 371 g/mol. The van der Waals surface area contributed by atoms with Gasteiger partial charge >= 0.3 is 0 Å². The van der Waals surface area contributed by atoms with Crippen molar-refractivity contribution >= 4 is 5.91 Å². The van der Waals surface area contributed by atoms with Crippen LogP contribution in [0.4, 0.5) is 0 Å². The predicted molar refractivity (Wildman–Crippen MR) is 96.3 cm³/mol. The number of carbonyl (C=O) groups is 1. The minimum absolute atomic E-state index is 0.118. The van der Waals surface area contributed by atoms with Crippen molar-refractivity contribution in [3.8, 4) is 11.5 Å². The van der Waals surface area contributed by atoms with Gasteiger partial charge in [0.05, 0.1) is 12.3 Å². The third-order valence-electron chi connectivity index (χ3n) is 5.41. The van der Waals surface area contributed by atoms with Crippen LogP contribution in [0.25, 0.3) is 11.5 Å². The summed E-state index contributed by atoms with van der Waals surface area (Å²) in [4.78, 5) is 27.1. The van der Waals surface area contributed by atoms with Crippen LogP contribution in [0.15, 0.2) is 23.1 Å². The van der Waals surface area contributed by atoms with Crippen LogP contribution in [-0.4, -0.2) is 50.1 Å². The summed E-state index contributed by atoms with van der Waals surface area (Å²) < 4.78 is 11.2. The summed E-state index contributed by atoms with van der Waals surface area (Å²) in [6, 6.07) is 0. The van der Waals surface area contributed by atoms with Crippen LogP contribution >= 0.6 is 0 Å². The first-order valence-corrected chi connectivity index (χ1v) is 9.79. The largest absolute Gasteiger partial charge is 0.368 e. The molecule has 1 aliphatic heterocycles. The van der Waals surface area contributed by atoms with Crippen molar-refractivity contribution in [2.45, 2.75) is 57.7 Å². The standard InChI is InChI=1S/C19H25N5O3/c25-19(14-4-2-1-3-5-14)24-10-6-15(7-11-24)26-13-17-22-18(23-27-17)16-12-20-8-9-21-16/h8-9,12,14-15H,1-7,10-11,13H2. The number of hydrogen-bond acceptors (Lipinski definition) is 7. The molecule has 0 atom stereocenters. The lowest BCUT2D eigenvalue weighted by Gasteiger charge is -2.35. The van der Waals surface area contributed by atoms with Gasteiger partial charge in [-0.15, -0.1) is 0 Å². The van der Waals surface area contributed by atoms with Gasteiger partial charge in [0.15, 0.2) is 0 Å². The fraction of sp³-hybridized carbons (Fsp3) is 0.632. The van der Waals surface area contributed by atoms with E-state index in [9.17, 15) is 4.79 Å². The van der Waals surface area contributed by atoms with Crippen LogP contribution in [-0.2, 0) is 16.1 Å². The third-order valence-corrected chi connectivity index (χ3v) is 5.41. The second-order valence-corrected chi connectivity index (χ2v) is 7.27. The zero-order chi connectivity index (χ0) is 18.5. The Balaban J connectivity index is 1.23. The first-order valence-electron chi connectivity index (χ1n) is 9.79. The van der Waals surface area contributed by atoms with Gasteiger partial charge in [-0.1, -0.05) is 24.4 Å². The second-order valence-electron chi connectivity index (χ2n) is 7.27. The Bertz CT molecular complexity index is 737. The lowest BCUT2D eigenvalue weighted by Crippen LogP contribution is -2.44. The normalized spacial score (nSPS) is 19.3. The molecule has 8 heteroatoms. The summed E-state index contributed by atoms with van der Waals surface area (Å²) in [6.45, 7) is 1.82. The van der Waals surface area contributed by atoms with E-state index in [2.05, 4.69) is 20.1 Å². The van der Waals surface area contributed by atoms with Crippen LogP contribution < -0.4 is 0 Å². The molecule has 2 aromatic rings. The highest BCUT2D eigenvalue weighted by molar-refractivity contribution is 5.79. The first-order chi connectivity index (χ1) is 13.3. The van der Waals surface area contributed by atoms with Crippen LogP contribution in [0.1, 0.15) is 50.8 Å². The molecule has 0 spiro atoms. The summed E-state index contributed by atoms with van der Waals surface area (Å²) in [7, 11) is 0. The van der Waals surface area contributed by atoms with Gasteiger partial charge in [-0.05, 0) is 25.7 Å². The minimum atomic E-state index is 0.118. The molecule has 1 saturated heterocycles. The maximum absolute atomic E-state index is 12.6. The molecule has 0 N–H and O–H groups in total. The average molecular weight is 371 g/mol. The molecule has 1 saturated carbocycles. The van der Waals surface area contributed by atoms with Gasteiger partial charge in [0.25, 0.3) is 5.89 Å². The molecule has 3 heterocycles. The van der Waals surface area contributed by atoms with Crippen molar-refractivity contribution in [2.24, 2.45) is 5.92 Å². The highest BCUT2D eigenvalue weighted by Gasteiger charge is 2.29. The smallest absolute Gasteiger partial charge is 0.253 e. The van der Waals surface area contributed by atoms with Crippen molar-refractivity contribution in [3.63, 3.8) is 0 Å². The summed E-state index contributed by atoms with van der Waals surface area (Å²) >= 11 is 0. The number of ether oxygens (including phenoxy) is 1. The molecule has 0 radical (unpaired) electrons. The number of hydrogen-bond donors (Lipinski definition) is 0. The molecule has 144 valence electrons. The van der Waals surface area contributed by atoms with Gasteiger partial charge in [0.1, 0.15) is 12.3 Å². The van der Waals surface area contributed by atoms with E-state index < -0.39 is 0 Å². The Morgan fingerprint density at radius 1 is 1.15 bits per heavy atom. The lowest BCUT2D eigenvalue weighted by atomic mass is 9.88. The van der Waals surface area contributed by atoms with E-state index in [1.807, 2.05) is 4.90 Å². The molecule has 0 unspecified atom stereocenters. The van der Waals surface area contributed by atoms with Crippen molar-refractivity contribution < 1.29 is 14.1 Å². The van der Waals surface area contributed by atoms with Gasteiger partial charge in [0, 0.05) is 31.4 Å². The summed E-state index contributed by atoms with van der Waals surface area (Å²) in [6.07, 6.45) is 12.4. The number of piperidine rings is 1. The molecule has 2 fully saturated rings. The van der Waals surface area contributed by atoms with E-state index >= 15 is 0 Å². The van der Waals surface area contributed by atoms with E-state index in [0.29, 0.717) is 23.3 Å². The Kier molecular flexibility index (Phi) is 5.72. The van der Waals surface area contributed by atoms with Gasteiger partial charge < -0.3 is 14.2 Å². The molecular weight excluding hydrogens is 346 g/mol. The maximum atomic E-state index is 12.6. The van der Waals surface area contributed by atoms with Gasteiger partial charge in [-0.25, -0.2) is 4.98 Å².